The monoisotopic (exact) mass is 490 g/mol. The zero-order chi connectivity index (χ0) is 22.4. The van der Waals surface area contributed by atoms with E-state index in [4.69, 9.17) is 16.0 Å². The van der Waals surface area contributed by atoms with Gasteiger partial charge in [-0.3, -0.25) is 9.69 Å². The number of carbonyl (C=O) groups excluding carboxylic acids is 1. The van der Waals surface area contributed by atoms with E-state index in [-0.39, 0.29) is 11.7 Å². The van der Waals surface area contributed by atoms with E-state index in [1.165, 1.54) is 11.8 Å². The molecule has 3 aromatic carbocycles. The molecule has 0 saturated carbocycles. The number of carbonyl (C=O) groups is 1. The van der Waals surface area contributed by atoms with Gasteiger partial charge < -0.3 is 9.40 Å². The van der Waals surface area contributed by atoms with E-state index in [2.05, 4.69) is 15.2 Å². The first-order valence-corrected chi connectivity index (χ1v) is 12.3. The third-order valence-electron chi connectivity index (χ3n) is 5.28. The van der Waals surface area contributed by atoms with E-state index < -0.39 is 0 Å². The first-order valence-electron chi connectivity index (χ1n) is 10.1. The van der Waals surface area contributed by atoms with E-state index in [0.717, 1.165) is 37.6 Å². The first-order chi connectivity index (χ1) is 16.2. The van der Waals surface area contributed by atoms with Gasteiger partial charge in [0.15, 0.2) is 0 Å². The summed E-state index contributed by atoms with van der Waals surface area (Å²) in [4.78, 5) is 20.3. The van der Waals surface area contributed by atoms with Crippen LogP contribution in [0.25, 0.3) is 22.4 Å². The van der Waals surface area contributed by atoms with Gasteiger partial charge in [0.25, 0.3) is 11.1 Å². The van der Waals surface area contributed by atoms with E-state index >= 15 is 0 Å². The van der Waals surface area contributed by atoms with Crippen LogP contribution in [-0.4, -0.2) is 26.8 Å². The number of amides is 1. The summed E-state index contributed by atoms with van der Waals surface area (Å²) < 4.78 is 5.86. The van der Waals surface area contributed by atoms with Crippen molar-refractivity contribution in [2.75, 3.05) is 10.7 Å². The topological polar surface area (TPSA) is 75.0 Å². The van der Waals surface area contributed by atoms with Crippen molar-refractivity contribution in [2.45, 2.75) is 15.0 Å². The van der Waals surface area contributed by atoms with Crippen LogP contribution >= 0.6 is 35.1 Å². The van der Waals surface area contributed by atoms with E-state index in [9.17, 15) is 4.79 Å². The Morgan fingerprint density at radius 3 is 2.79 bits per heavy atom. The van der Waals surface area contributed by atoms with Gasteiger partial charge in [0, 0.05) is 31.9 Å². The van der Waals surface area contributed by atoms with Gasteiger partial charge in [0.2, 0.25) is 5.91 Å². The van der Waals surface area contributed by atoms with Gasteiger partial charge in [-0.1, -0.05) is 65.5 Å². The molecule has 0 radical (unpaired) electrons. The molecule has 0 aliphatic carbocycles. The van der Waals surface area contributed by atoms with Crippen LogP contribution < -0.4 is 4.90 Å². The van der Waals surface area contributed by atoms with Crippen molar-refractivity contribution in [3.05, 3.63) is 77.9 Å². The Kier molecular flexibility index (Phi) is 5.13. The predicted molar refractivity (Wildman–Crippen MR) is 131 cm³/mol. The number of hydrogen-bond acceptors (Lipinski definition) is 6. The number of nitrogens with one attached hydrogen (secondary N) is 1. The summed E-state index contributed by atoms with van der Waals surface area (Å²) in [6, 6.07) is 21.4. The second-order valence-electron chi connectivity index (χ2n) is 7.32. The molecule has 1 aliphatic rings. The van der Waals surface area contributed by atoms with Crippen molar-refractivity contribution >= 4 is 63.3 Å². The Labute approximate surface area is 202 Å². The van der Waals surface area contributed by atoms with Crippen molar-refractivity contribution in [2.24, 2.45) is 0 Å². The standard InChI is InChI=1S/C24H15ClN4O2S2/c25-14-9-10-21-19(11-14)29(18-7-3-4-8-20(18)33-21)22(30)13-32-24-28-27-23(31-24)16-12-26-17-6-2-1-5-15(16)17/h1-12,26H,13H2. The molecule has 1 amide bonds. The number of aromatic amines is 1. The highest BCUT2D eigenvalue weighted by atomic mass is 35.5. The summed E-state index contributed by atoms with van der Waals surface area (Å²) in [6.45, 7) is 0. The van der Waals surface area contributed by atoms with Crippen molar-refractivity contribution in [1.29, 1.82) is 0 Å². The molecule has 6 rings (SSSR count). The molecule has 0 bridgehead atoms. The number of para-hydroxylation sites is 2. The van der Waals surface area contributed by atoms with Gasteiger partial charge >= 0.3 is 0 Å². The highest BCUT2D eigenvalue weighted by molar-refractivity contribution is 8.00. The Morgan fingerprint density at radius 1 is 1.03 bits per heavy atom. The highest BCUT2D eigenvalue weighted by Crippen LogP contribution is 2.49. The Hall–Kier alpha value is -3.20. The molecule has 1 aliphatic heterocycles. The molecule has 1 N–H and O–H groups in total. The van der Waals surface area contributed by atoms with E-state index in [1.54, 1.807) is 16.7 Å². The molecule has 2 aromatic heterocycles. The number of fused-ring (bicyclic) bond motifs is 3. The van der Waals surface area contributed by atoms with Gasteiger partial charge in [-0.05, 0) is 36.4 Å². The van der Waals surface area contributed by atoms with Crippen LogP contribution in [0.4, 0.5) is 11.4 Å². The third kappa shape index (κ3) is 3.70. The van der Waals surface area contributed by atoms with Crippen LogP contribution in [0.3, 0.4) is 0 Å². The van der Waals surface area contributed by atoms with Crippen molar-refractivity contribution in [1.82, 2.24) is 15.2 Å². The summed E-state index contributed by atoms with van der Waals surface area (Å²) in [5.74, 6) is 0.461. The van der Waals surface area contributed by atoms with Crippen LogP contribution in [0, 0.1) is 0 Å². The van der Waals surface area contributed by atoms with Gasteiger partial charge in [-0.25, -0.2) is 0 Å². The average Bonchev–Trinajstić information content (AvgIpc) is 3.48. The Morgan fingerprint density at radius 2 is 1.85 bits per heavy atom. The second kappa shape index (κ2) is 8.30. The fraction of sp³-hybridized carbons (Fsp3) is 0.0417. The number of nitrogens with zero attached hydrogens (tertiary/aromatic N) is 3. The second-order valence-corrected chi connectivity index (χ2v) is 9.77. The number of hydrogen-bond donors (Lipinski definition) is 1. The molecule has 33 heavy (non-hydrogen) atoms. The molecule has 5 aromatic rings. The summed E-state index contributed by atoms with van der Waals surface area (Å²) in [5, 5.41) is 10.2. The van der Waals surface area contributed by atoms with Crippen LogP contribution in [0.15, 0.2) is 92.4 Å². The lowest BCUT2D eigenvalue weighted by molar-refractivity contribution is -0.115. The van der Waals surface area contributed by atoms with E-state index in [1.807, 2.05) is 72.9 Å². The maximum atomic E-state index is 13.4. The first kappa shape index (κ1) is 20.4. The number of anilines is 2. The molecule has 6 nitrogen and oxygen atoms in total. The Balaban J connectivity index is 1.26. The smallest absolute Gasteiger partial charge is 0.277 e. The lowest BCUT2D eigenvalue weighted by Gasteiger charge is -2.31. The lowest BCUT2D eigenvalue weighted by atomic mass is 10.2. The summed E-state index contributed by atoms with van der Waals surface area (Å²) in [6.07, 6.45) is 1.85. The zero-order valence-corrected chi connectivity index (χ0v) is 19.4. The van der Waals surface area contributed by atoms with E-state index in [0.29, 0.717) is 16.1 Å². The minimum Gasteiger partial charge on any atom is -0.411 e. The molecule has 0 atom stereocenters. The molecular formula is C24H15ClN4O2S2. The maximum absolute atomic E-state index is 13.4. The van der Waals surface area contributed by atoms with Crippen molar-refractivity contribution < 1.29 is 9.21 Å². The fourth-order valence-corrected chi connectivity index (χ4v) is 5.63. The normalized spacial score (nSPS) is 12.6. The zero-order valence-electron chi connectivity index (χ0n) is 17.0. The quantitative estimate of drug-likeness (QED) is 0.279. The number of thioether (sulfide) groups is 1. The molecular weight excluding hydrogens is 476 g/mol. The minimum absolute atomic E-state index is 0.0943. The van der Waals surface area contributed by atoms with Crippen LogP contribution in [0.5, 0.6) is 0 Å². The largest absolute Gasteiger partial charge is 0.411 e. The number of halogens is 1. The Bertz CT molecular complexity index is 1510. The predicted octanol–water partition coefficient (Wildman–Crippen LogP) is 6.79. The van der Waals surface area contributed by atoms with Gasteiger partial charge in [-0.15, -0.1) is 10.2 Å². The number of H-pyrrole nitrogens is 1. The molecule has 162 valence electrons. The molecule has 0 spiro atoms. The molecule has 3 heterocycles. The molecule has 0 fully saturated rings. The minimum atomic E-state index is -0.0943. The number of aromatic nitrogens is 3. The van der Waals surface area contributed by atoms with Gasteiger partial charge in [0.1, 0.15) is 0 Å². The lowest BCUT2D eigenvalue weighted by Crippen LogP contribution is -2.30. The van der Waals surface area contributed by atoms with Gasteiger partial charge in [0.05, 0.1) is 22.7 Å². The molecule has 0 unspecified atom stereocenters. The molecule has 9 heteroatoms. The number of rotatable bonds is 4. The van der Waals surface area contributed by atoms with Crippen LogP contribution in [-0.2, 0) is 4.79 Å². The third-order valence-corrected chi connectivity index (χ3v) is 7.45. The fourth-order valence-electron chi connectivity index (χ4n) is 3.81. The summed E-state index contributed by atoms with van der Waals surface area (Å²) in [7, 11) is 0. The van der Waals surface area contributed by atoms with Crippen molar-refractivity contribution in [3.8, 4) is 11.5 Å². The average molecular weight is 491 g/mol. The number of benzene rings is 3. The van der Waals surface area contributed by atoms with Crippen LogP contribution in [0.2, 0.25) is 5.02 Å². The summed E-state index contributed by atoms with van der Waals surface area (Å²) in [5.41, 5.74) is 3.45. The SMILES string of the molecule is O=C(CSc1nnc(-c2c[nH]c3ccccc23)o1)N1c2ccccc2Sc2ccc(Cl)cc21. The highest BCUT2D eigenvalue weighted by Gasteiger charge is 2.28. The molecule has 0 saturated heterocycles. The maximum Gasteiger partial charge on any atom is 0.277 e. The van der Waals surface area contributed by atoms with Gasteiger partial charge in [-0.2, -0.15) is 0 Å². The summed E-state index contributed by atoms with van der Waals surface area (Å²) >= 11 is 9.10. The van der Waals surface area contributed by atoms with Crippen molar-refractivity contribution in [3.63, 3.8) is 0 Å². The van der Waals surface area contributed by atoms with Crippen LogP contribution in [0.1, 0.15) is 0 Å².